The molecule has 2 N–H and O–H groups in total. The van der Waals surface area contributed by atoms with Gasteiger partial charge >= 0.3 is 0 Å². The SMILES string of the molecule is CN(C)c1nc(CNC(C)(C)C)cc(=O)[nH]1. The molecule has 0 unspecified atom stereocenters. The third-order valence-electron chi connectivity index (χ3n) is 2.01. The molecule has 0 atom stereocenters. The second-order valence-electron chi connectivity index (χ2n) is 5.06. The molecule has 0 fully saturated rings. The van der Waals surface area contributed by atoms with Crippen LogP contribution in [0.25, 0.3) is 0 Å². The Labute approximate surface area is 95.9 Å². The monoisotopic (exact) mass is 224 g/mol. The smallest absolute Gasteiger partial charge is 0.252 e. The van der Waals surface area contributed by atoms with Gasteiger partial charge in [0.05, 0.1) is 5.69 Å². The molecule has 90 valence electrons. The van der Waals surface area contributed by atoms with Crippen LogP contribution in [0, 0.1) is 0 Å². The summed E-state index contributed by atoms with van der Waals surface area (Å²) in [6, 6.07) is 1.52. The first kappa shape index (κ1) is 12.7. The largest absolute Gasteiger partial charge is 0.348 e. The molecule has 0 aliphatic carbocycles. The van der Waals surface area contributed by atoms with E-state index in [0.717, 1.165) is 5.69 Å². The fourth-order valence-electron chi connectivity index (χ4n) is 1.15. The molecule has 0 aliphatic rings. The Morgan fingerprint density at radius 3 is 2.56 bits per heavy atom. The van der Waals surface area contributed by atoms with Gasteiger partial charge in [0.25, 0.3) is 5.56 Å². The molecule has 1 rings (SSSR count). The topological polar surface area (TPSA) is 61.0 Å². The summed E-state index contributed by atoms with van der Waals surface area (Å²) >= 11 is 0. The molecule has 0 amide bonds. The number of hydrogen-bond acceptors (Lipinski definition) is 4. The van der Waals surface area contributed by atoms with Gasteiger partial charge in [0.2, 0.25) is 5.95 Å². The third kappa shape index (κ3) is 4.02. The van der Waals surface area contributed by atoms with Gasteiger partial charge in [-0.25, -0.2) is 4.98 Å². The lowest BCUT2D eigenvalue weighted by Crippen LogP contribution is -2.35. The molecule has 1 aromatic heterocycles. The van der Waals surface area contributed by atoms with Gasteiger partial charge < -0.3 is 10.2 Å². The molecule has 16 heavy (non-hydrogen) atoms. The van der Waals surface area contributed by atoms with Gasteiger partial charge in [0.15, 0.2) is 0 Å². The lowest BCUT2D eigenvalue weighted by atomic mass is 10.1. The summed E-state index contributed by atoms with van der Waals surface area (Å²) in [6.45, 7) is 6.82. The molecule has 5 heteroatoms. The van der Waals surface area contributed by atoms with Gasteiger partial charge in [-0.3, -0.25) is 9.78 Å². The standard InChI is InChI=1S/C11H20N4O/c1-11(2,3)12-7-8-6-9(16)14-10(13-8)15(4)5/h6,12H,7H2,1-5H3,(H,13,14,16). The molecule has 0 aliphatic heterocycles. The van der Waals surface area contributed by atoms with E-state index in [0.29, 0.717) is 12.5 Å². The highest BCUT2D eigenvalue weighted by Gasteiger charge is 2.10. The predicted molar refractivity (Wildman–Crippen MR) is 65.8 cm³/mol. The predicted octanol–water partition coefficient (Wildman–Crippen LogP) is 0.724. The van der Waals surface area contributed by atoms with Crippen LogP contribution < -0.4 is 15.8 Å². The summed E-state index contributed by atoms with van der Waals surface area (Å²) in [5.74, 6) is 0.582. The first-order valence-electron chi connectivity index (χ1n) is 5.30. The number of H-pyrrole nitrogens is 1. The molecule has 0 saturated carbocycles. The van der Waals surface area contributed by atoms with E-state index >= 15 is 0 Å². The van der Waals surface area contributed by atoms with E-state index in [4.69, 9.17) is 0 Å². The second-order valence-corrected chi connectivity index (χ2v) is 5.06. The van der Waals surface area contributed by atoms with Crippen LogP contribution in [-0.4, -0.2) is 29.6 Å². The van der Waals surface area contributed by atoms with E-state index in [2.05, 4.69) is 36.1 Å². The lowest BCUT2D eigenvalue weighted by molar-refractivity contribution is 0.421. The molecule has 1 aromatic rings. The van der Waals surface area contributed by atoms with Crippen molar-refractivity contribution in [1.82, 2.24) is 15.3 Å². The Morgan fingerprint density at radius 2 is 2.06 bits per heavy atom. The van der Waals surface area contributed by atoms with Crippen LogP contribution in [-0.2, 0) is 6.54 Å². The summed E-state index contributed by atoms with van der Waals surface area (Å²) in [7, 11) is 3.69. The molecule has 5 nitrogen and oxygen atoms in total. The zero-order chi connectivity index (χ0) is 12.3. The van der Waals surface area contributed by atoms with Crippen LogP contribution in [0.5, 0.6) is 0 Å². The fraction of sp³-hybridized carbons (Fsp3) is 0.636. The average Bonchev–Trinajstić information content (AvgIpc) is 2.13. The van der Waals surface area contributed by atoms with E-state index in [9.17, 15) is 4.79 Å². The van der Waals surface area contributed by atoms with Crippen molar-refractivity contribution in [1.29, 1.82) is 0 Å². The van der Waals surface area contributed by atoms with E-state index in [1.165, 1.54) is 6.07 Å². The number of aromatic nitrogens is 2. The minimum atomic E-state index is -0.121. The molecule has 0 saturated heterocycles. The molecule has 0 bridgehead atoms. The minimum Gasteiger partial charge on any atom is -0.348 e. The van der Waals surface area contributed by atoms with E-state index in [1.807, 2.05) is 14.1 Å². The van der Waals surface area contributed by atoms with Gasteiger partial charge in [0, 0.05) is 32.2 Å². The quantitative estimate of drug-likeness (QED) is 0.794. The highest BCUT2D eigenvalue weighted by molar-refractivity contribution is 5.27. The summed E-state index contributed by atoms with van der Waals surface area (Å²) in [6.07, 6.45) is 0. The van der Waals surface area contributed by atoms with Crippen molar-refractivity contribution in [2.75, 3.05) is 19.0 Å². The maximum atomic E-state index is 11.4. The molecular weight excluding hydrogens is 204 g/mol. The Bertz CT molecular complexity index is 403. The maximum absolute atomic E-state index is 11.4. The number of aromatic amines is 1. The van der Waals surface area contributed by atoms with Crippen LogP contribution in [0.2, 0.25) is 0 Å². The molecular formula is C11H20N4O. The van der Waals surface area contributed by atoms with Crippen molar-refractivity contribution in [3.63, 3.8) is 0 Å². The summed E-state index contributed by atoms with van der Waals surface area (Å²) in [5, 5.41) is 3.30. The van der Waals surface area contributed by atoms with Crippen molar-refractivity contribution in [3.8, 4) is 0 Å². The van der Waals surface area contributed by atoms with Gasteiger partial charge in [0.1, 0.15) is 0 Å². The van der Waals surface area contributed by atoms with Crippen LogP contribution in [0.3, 0.4) is 0 Å². The van der Waals surface area contributed by atoms with Crippen molar-refractivity contribution in [2.24, 2.45) is 0 Å². The normalized spacial score (nSPS) is 11.6. The lowest BCUT2D eigenvalue weighted by Gasteiger charge is -2.20. The Balaban J connectivity index is 2.85. The van der Waals surface area contributed by atoms with Crippen molar-refractivity contribution in [2.45, 2.75) is 32.9 Å². The van der Waals surface area contributed by atoms with Crippen LogP contribution >= 0.6 is 0 Å². The molecule has 1 heterocycles. The maximum Gasteiger partial charge on any atom is 0.252 e. The van der Waals surface area contributed by atoms with Gasteiger partial charge in [-0.15, -0.1) is 0 Å². The zero-order valence-electron chi connectivity index (χ0n) is 10.6. The van der Waals surface area contributed by atoms with Crippen LogP contribution in [0.15, 0.2) is 10.9 Å². The van der Waals surface area contributed by atoms with Gasteiger partial charge in [-0.2, -0.15) is 0 Å². The number of anilines is 1. The highest BCUT2D eigenvalue weighted by atomic mass is 16.1. The van der Waals surface area contributed by atoms with Crippen molar-refractivity contribution < 1.29 is 0 Å². The van der Waals surface area contributed by atoms with E-state index in [1.54, 1.807) is 4.90 Å². The highest BCUT2D eigenvalue weighted by Crippen LogP contribution is 2.03. The van der Waals surface area contributed by atoms with Crippen LogP contribution in [0.4, 0.5) is 5.95 Å². The third-order valence-corrected chi connectivity index (χ3v) is 2.01. The van der Waals surface area contributed by atoms with E-state index < -0.39 is 0 Å². The van der Waals surface area contributed by atoms with Gasteiger partial charge in [-0.05, 0) is 20.8 Å². The van der Waals surface area contributed by atoms with E-state index in [-0.39, 0.29) is 11.1 Å². The molecule has 0 spiro atoms. The number of rotatable bonds is 3. The first-order chi connectivity index (χ1) is 7.28. The molecule has 0 aromatic carbocycles. The second kappa shape index (κ2) is 4.65. The first-order valence-corrected chi connectivity index (χ1v) is 5.30. The summed E-state index contributed by atoms with van der Waals surface area (Å²) in [5.41, 5.74) is 0.648. The van der Waals surface area contributed by atoms with Crippen molar-refractivity contribution in [3.05, 3.63) is 22.1 Å². The summed E-state index contributed by atoms with van der Waals surface area (Å²) in [4.78, 5) is 20.2. The number of nitrogens with zero attached hydrogens (tertiary/aromatic N) is 2. The Morgan fingerprint density at radius 1 is 1.44 bits per heavy atom. The number of nitrogens with one attached hydrogen (secondary N) is 2. The zero-order valence-corrected chi connectivity index (χ0v) is 10.6. The molecule has 0 radical (unpaired) electrons. The van der Waals surface area contributed by atoms with Crippen LogP contribution in [0.1, 0.15) is 26.5 Å². The minimum absolute atomic E-state index is 0.0164. The fourth-order valence-corrected chi connectivity index (χ4v) is 1.15. The Kier molecular flexibility index (Phi) is 3.70. The van der Waals surface area contributed by atoms with Gasteiger partial charge in [-0.1, -0.05) is 0 Å². The average molecular weight is 224 g/mol. The summed E-state index contributed by atoms with van der Waals surface area (Å²) < 4.78 is 0. The number of hydrogen-bond donors (Lipinski definition) is 2. The van der Waals surface area contributed by atoms with Crippen molar-refractivity contribution >= 4 is 5.95 Å². The Hall–Kier alpha value is -1.36.